The standard InChI is InChI=1S/C18H20O2/c1-4-7-13-10-11-16-18(15(13)9-6-3)14(8-5-2)12-17(19)20-16/h4-6,10-11,14H,1-3,7-9,12H2. The Morgan fingerprint density at radius 1 is 1.15 bits per heavy atom. The number of ether oxygens (including phenoxy) is 1. The normalized spacial score (nSPS) is 17.0. The summed E-state index contributed by atoms with van der Waals surface area (Å²) >= 11 is 0. The van der Waals surface area contributed by atoms with Gasteiger partial charge in [0.05, 0.1) is 6.42 Å². The Bertz CT molecular complexity index is 555. The van der Waals surface area contributed by atoms with Crippen molar-refractivity contribution in [1.29, 1.82) is 0 Å². The van der Waals surface area contributed by atoms with Gasteiger partial charge < -0.3 is 4.74 Å². The Labute approximate surface area is 120 Å². The molecule has 1 aliphatic rings. The molecule has 1 atom stereocenters. The van der Waals surface area contributed by atoms with Crippen LogP contribution in [0.2, 0.25) is 0 Å². The minimum absolute atomic E-state index is 0.156. The van der Waals surface area contributed by atoms with E-state index in [-0.39, 0.29) is 11.9 Å². The molecule has 1 aliphatic heterocycles. The number of hydrogen-bond donors (Lipinski definition) is 0. The molecule has 0 N–H and O–H groups in total. The monoisotopic (exact) mass is 268 g/mol. The Balaban J connectivity index is 2.57. The average molecular weight is 268 g/mol. The Morgan fingerprint density at radius 3 is 2.55 bits per heavy atom. The summed E-state index contributed by atoms with van der Waals surface area (Å²) < 4.78 is 5.40. The summed E-state index contributed by atoms with van der Waals surface area (Å²) in [5.41, 5.74) is 3.59. The van der Waals surface area contributed by atoms with Crippen molar-refractivity contribution in [3.05, 3.63) is 66.8 Å². The minimum atomic E-state index is -0.162. The van der Waals surface area contributed by atoms with Crippen molar-refractivity contribution in [2.24, 2.45) is 0 Å². The van der Waals surface area contributed by atoms with Gasteiger partial charge in [-0.05, 0) is 36.5 Å². The maximum atomic E-state index is 11.7. The minimum Gasteiger partial charge on any atom is -0.426 e. The summed E-state index contributed by atoms with van der Waals surface area (Å²) in [5, 5.41) is 0. The molecule has 0 aromatic heterocycles. The van der Waals surface area contributed by atoms with Gasteiger partial charge in [0.25, 0.3) is 0 Å². The van der Waals surface area contributed by atoms with Crippen LogP contribution >= 0.6 is 0 Å². The molecule has 2 heteroatoms. The van der Waals surface area contributed by atoms with Crippen LogP contribution in [0.15, 0.2) is 50.1 Å². The molecule has 0 spiro atoms. The van der Waals surface area contributed by atoms with E-state index in [4.69, 9.17) is 4.74 Å². The van der Waals surface area contributed by atoms with E-state index in [2.05, 4.69) is 19.7 Å². The summed E-state index contributed by atoms with van der Waals surface area (Å²) in [4.78, 5) is 11.7. The van der Waals surface area contributed by atoms with Crippen molar-refractivity contribution in [1.82, 2.24) is 0 Å². The van der Waals surface area contributed by atoms with Gasteiger partial charge in [-0.2, -0.15) is 0 Å². The summed E-state index contributed by atoms with van der Waals surface area (Å²) in [7, 11) is 0. The molecule has 20 heavy (non-hydrogen) atoms. The highest BCUT2D eigenvalue weighted by atomic mass is 16.5. The van der Waals surface area contributed by atoms with Crippen molar-refractivity contribution in [3.8, 4) is 5.75 Å². The highest BCUT2D eigenvalue weighted by molar-refractivity contribution is 5.77. The van der Waals surface area contributed by atoms with Crippen LogP contribution in [-0.2, 0) is 17.6 Å². The van der Waals surface area contributed by atoms with E-state index in [0.717, 1.165) is 24.8 Å². The van der Waals surface area contributed by atoms with Gasteiger partial charge >= 0.3 is 5.97 Å². The van der Waals surface area contributed by atoms with Gasteiger partial charge in [-0.3, -0.25) is 4.79 Å². The second-order valence-corrected chi connectivity index (χ2v) is 5.00. The van der Waals surface area contributed by atoms with Gasteiger partial charge in [0.1, 0.15) is 5.75 Å². The molecule has 0 aliphatic carbocycles. The van der Waals surface area contributed by atoms with Crippen molar-refractivity contribution in [2.75, 3.05) is 0 Å². The van der Waals surface area contributed by atoms with E-state index >= 15 is 0 Å². The fourth-order valence-corrected chi connectivity index (χ4v) is 2.83. The van der Waals surface area contributed by atoms with Crippen molar-refractivity contribution in [3.63, 3.8) is 0 Å². The fourth-order valence-electron chi connectivity index (χ4n) is 2.83. The number of allylic oxidation sites excluding steroid dienone is 3. The number of fused-ring (bicyclic) bond motifs is 1. The first-order valence-electron chi connectivity index (χ1n) is 6.89. The smallest absolute Gasteiger partial charge is 0.311 e. The topological polar surface area (TPSA) is 26.3 Å². The molecular weight excluding hydrogens is 248 g/mol. The Morgan fingerprint density at radius 2 is 1.90 bits per heavy atom. The van der Waals surface area contributed by atoms with E-state index in [0.29, 0.717) is 12.2 Å². The predicted molar refractivity (Wildman–Crippen MR) is 82.1 cm³/mol. The van der Waals surface area contributed by atoms with Crippen LogP contribution in [0.5, 0.6) is 5.75 Å². The van der Waals surface area contributed by atoms with Gasteiger partial charge in [0.2, 0.25) is 0 Å². The van der Waals surface area contributed by atoms with Crippen LogP contribution in [-0.4, -0.2) is 5.97 Å². The first-order chi connectivity index (χ1) is 9.71. The highest BCUT2D eigenvalue weighted by Crippen LogP contribution is 2.40. The third kappa shape index (κ3) is 2.74. The van der Waals surface area contributed by atoms with Crippen LogP contribution in [0.25, 0.3) is 0 Å². The van der Waals surface area contributed by atoms with Crippen molar-refractivity contribution in [2.45, 2.75) is 31.6 Å². The molecule has 104 valence electrons. The number of benzene rings is 1. The highest BCUT2D eigenvalue weighted by Gasteiger charge is 2.29. The van der Waals surface area contributed by atoms with E-state index in [9.17, 15) is 4.79 Å². The molecule has 2 nitrogen and oxygen atoms in total. The lowest BCUT2D eigenvalue weighted by Gasteiger charge is -2.27. The van der Waals surface area contributed by atoms with E-state index in [1.807, 2.05) is 30.4 Å². The fraction of sp³-hybridized carbons (Fsp3) is 0.278. The first-order valence-corrected chi connectivity index (χ1v) is 6.89. The van der Waals surface area contributed by atoms with Crippen molar-refractivity contribution >= 4 is 5.97 Å². The molecule has 0 fully saturated rings. The van der Waals surface area contributed by atoms with E-state index in [1.54, 1.807) is 0 Å². The molecule has 2 rings (SSSR count). The summed E-state index contributed by atoms with van der Waals surface area (Å²) in [6.07, 6.45) is 8.44. The second-order valence-electron chi connectivity index (χ2n) is 5.00. The summed E-state index contributed by atoms with van der Waals surface area (Å²) in [5.74, 6) is 0.687. The van der Waals surface area contributed by atoms with Crippen LogP contribution in [0.1, 0.15) is 35.4 Å². The predicted octanol–water partition coefficient (Wildman–Crippen LogP) is 4.11. The lowest BCUT2D eigenvalue weighted by molar-refractivity contribution is -0.135. The van der Waals surface area contributed by atoms with Gasteiger partial charge in [0, 0.05) is 11.5 Å². The largest absolute Gasteiger partial charge is 0.426 e. The lowest BCUT2D eigenvalue weighted by Crippen LogP contribution is -2.22. The molecule has 0 radical (unpaired) electrons. The molecule has 0 bridgehead atoms. The zero-order chi connectivity index (χ0) is 14.5. The van der Waals surface area contributed by atoms with Gasteiger partial charge in [-0.25, -0.2) is 0 Å². The SMILES string of the molecule is C=CCc1ccc2c(c1CC=C)C(CC=C)CC(=O)O2. The molecule has 0 saturated heterocycles. The first kappa shape index (κ1) is 14.3. The second kappa shape index (κ2) is 6.38. The molecular formula is C18H20O2. The quantitative estimate of drug-likeness (QED) is 0.441. The Kier molecular flexibility index (Phi) is 4.57. The molecule has 0 saturated carbocycles. The van der Waals surface area contributed by atoms with Gasteiger partial charge in [-0.1, -0.05) is 24.3 Å². The molecule has 1 aromatic rings. The van der Waals surface area contributed by atoms with Crippen LogP contribution < -0.4 is 4.74 Å². The number of carbonyl (C=O) groups excluding carboxylic acids is 1. The van der Waals surface area contributed by atoms with E-state index < -0.39 is 0 Å². The van der Waals surface area contributed by atoms with Crippen LogP contribution in [0.4, 0.5) is 0 Å². The van der Waals surface area contributed by atoms with Crippen LogP contribution in [0.3, 0.4) is 0 Å². The van der Waals surface area contributed by atoms with Gasteiger partial charge in [-0.15, -0.1) is 19.7 Å². The van der Waals surface area contributed by atoms with E-state index in [1.165, 1.54) is 11.1 Å². The van der Waals surface area contributed by atoms with Crippen LogP contribution in [0, 0.1) is 0 Å². The molecule has 0 amide bonds. The van der Waals surface area contributed by atoms with Crippen molar-refractivity contribution < 1.29 is 9.53 Å². The molecule has 1 unspecified atom stereocenters. The molecule has 1 heterocycles. The Hall–Kier alpha value is -2.09. The molecule has 1 aromatic carbocycles. The lowest BCUT2D eigenvalue weighted by atomic mass is 9.83. The number of esters is 1. The number of rotatable bonds is 6. The third-order valence-corrected chi connectivity index (χ3v) is 3.62. The number of carbonyl (C=O) groups is 1. The maximum absolute atomic E-state index is 11.7. The van der Waals surface area contributed by atoms with Gasteiger partial charge in [0.15, 0.2) is 0 Å². The zero-order valence-electron chi connectivity index (χ0n) is 11.7. The summed E-state index contributed by atoms with van der Waals surface area (Å²) in [6, 6.07) is 3.91. The number of hydrogen-bond acceptors (Lipinski definition) is 2. The maximum Gasteiger partial charge on any atom is 0.311 e. The average Bonchev–Trinajstić information content (AvgIpc) is 2.41. The third-order valence-electron chi connectivity index (χ3n) is 3.62. The summed E-state index contributed by atoms with van der Waals surface area (Å²) in [6.45, 7) is 11.4. The zero-order valence-corrected chi connectivity index (χ0v) is 11.7.